The molecule has 20 heteroatoms. The Morgan fingerprint density at radius 3 is 1.86 bits per heavy atom. The number of pyridine rings is 1. The lowest BCUT2D eigenvalue weighted by Crippen LogP contribution is -2.58. The molecule has 6 nitrogen and oxygen atoms in total. The predicted octanol–water partition coefficient (Wildman–Crippen LogP) is -14.4. The molecule has 0 atom stereocenters. The second-order valence-corrected chi connectivity index (χ2v) is 11.1. The molecule has 0 spiro atoms. The van der Waals surface area contributed by atoms with Crippen LogP contribution in [0.4, 0.5) is 0 Å². The molecule has 0 aliphatic rings. The Morgan fingerprint density at radius 1 is 0.857 bits per heavy atom. The molecule has 0 saturated carbocycles. The minimum atomic E-state index is -1.18. The number of amides is 1. The highest BCUT2D eigenvalue weighted by atomic mass is 35.5. The first kappa shape index (κ1) is 29.5. The fraction of sp³-hybridized carbons (Fsp3) is 0.133. The summed E-state index contributed by atoms with van der Waals surface area (Å²) < 4.78 is 10.7. The third kappa shape index (κ3) is 5.07. The van der Waals surface area contributed by atoms with Crippen LogP contribution in [-0.2, 0) is 14.6 Å². The number of nitrogens with zero attached hydrogens (tertiary/aromatic N) is 2. The van der Waals surface area contributed by atoms with Gasteiger partial charge in [-0.25, -0.2) is 0 Å². The van der Waals surface area contributed by atoms with Crippen LogP contribution < -0.4 is 32.1 Å². The van der Waals surface area contributed by atoms with Crippen LogP contribution in [0, 0.1) is 0 Å². The molecule has 0 N–H and O–H groups in total. The normalized spacial score (nSPS) is 11.6. The molecule has 2 rings (SSSR count). The molecular weight excluding hydrogens is 448 g/mol. The summed E-state index contributed by atoms with van der Waals surface area (Å²) in [6.45, 7) is 0. The smallest absolute Gasteiger partial charge is 0.326 e. The number of rotatable bonds is 6. The van der Waals surface area contributed by atoms with Gasteiger partial charge in [-0.05, 0) is 16.6 Å². The summed E-state index contributed by atoms with van der Waals surface area (Å²) in [5.74, 6) is -0.579. The van der Waals surface area contributed by atoms with Gasteiger partial charge in [-0.15, -0.1) is 0 Å². The molecular formula is C15H26B13ClN2O4. The number of halogens is 1. The van der Waals surface area contributed by atoms with E-state index < -0.39 is 17.2 Å². The van der Waals surface area contributed by atoms with Crippen molar-refractivity contribution in [2.45, 2.75) is 10.5 Å². The van der Waals surface area contributed by atoms with Gasteiger partial charge in [0, 0.05) is 10.6 Å². The van der Waals surface area contributed by atoms with E-state index in [0.29, 0.717) is 11.3 Å². The van der Waals surface area contributed by atoms with E-state index in [2.05, 4.69) is 31.4 Å². The Kier molecular flexibility index (Phi) is 8.69. The van der Waals surface area contributed by atoms with Gasteiger partial charge in [-0.3, -0.25) is 14.6 Å². The van der Waals surface area contributed by atoms with Crippen LogP contribution in [0.25, 0.3) is 11.1 Å². The lowest BCUT2D eigenvalue weighted by molar-refractivity contribution is -0.136. The Balaban J connectivity index is 2.93. The SMILES string of the molecule is BOC(=O)C(B)(B)N(B)C(=O)c1nc(B)c(-c2c(B)c(Cl)c(B)c(B)c2C(B)(B)B)c(B)c1OB. The zero-order chi connectivity index (χ0) is 27.2. The first-order valence-corrected chi connectivity index (χ1v) is 12.0. The average Bonchev–Trinajstić information content (AvgIpc) is 2.77. The maximum absolute atomic E-state index is 13.5. The molecule has 1 amide bonds. The molecule has 0 aliphatic heterocycles. The van der Waals surface area contributed by atoms with Crippen molar-refractivity contribution >= 4 is 153 Å². The Hall–Kier alpha value is -1.76. The van der Waals surface area contributed by atoms with Gasteiger partial charge in [0.15, 0.2) is 13.5 Å². The summed E-state index contributed by atoms with van der Waals surface area (Å²) in [5, 5.41) is -0.621. The maximum Gasteiger partial charge on any atom is 0.326 e. The summed E-state index contributed by atoms with van der Waals surface area (Å²) in [4.78, 5) is 31.9. The van der Waals surface area contributed by atoms with Crippen molar-refractivity contribution in [1.82, 2.24) is 9.79 Å². The van der Waals surface area contributed by atoms with Crippen molar-refractivity contribution < 1.29 is 18.9 Å². The predicted molar refractivity (Wildman–Crippen MR) is 181 cm³/mol. The summed E-state index contributed by atoms with van der Waals surface area (Å²) in [7, 11) is 24.2. The summed E-state index contributed by atoms with van der Waals surface area (Å²) in [6.07, 6.45) is 0. The van der Waals surface area contributed by atoms with Gasteiger partial charge < -0.3 is 14.1 Å². The Bertz CT molecular complexity index is 1220. The highest BCUT2D eigenvalue weighted by Gasteiger charge is 2.37. The fourth-order valence-corrected chi connectivity index (χ4v) is 5.00. The van der Waals surface area contributed by atoms with Gasteiger partial charge in [0.1, 0.15) is 52.8 Å². The minimum absolute atomic E-state index is 0.149. The van der Waals surface area contributed by atoms with E-state index >= 15 is 0 Å². The number of benzene rings is 1. The van der Waals surface area contributed by atoms with E-state index in [4.69, 9.17) is 25.9 Å². The molecule has 1 aromatic heterocycles. The van der Waals surface area contributed by atoms with Crippen molar-refractivity contribution in [2.24, 2.45) is 0 Å². The van der Waals surface area contributed by atoms with Gasteiger partial charge in [0.2, 0.25) is 7.98 Å². The zero-order valence-corrected chi connectivity index (χ0v) is 24.2. The van der Waals surface area contributed by atoms with Crippen molar-refractivity contribution in [2.75, 3.05) is 0 Å². The van der Waals surface area contributed by atoms with Crippen LogP contribution in [0.1, 0.15) is 16.1 Å². The van der Waals surface area contributed by atoms with Crippen LogP contribution in [-0.4, -0.2) is 130 Å². The molecule has 0 bridgehead atoms. The first-order chi connectivity index (χ1) is 15.9. The van der Waals surface area contributed by atoms with Crippen molar-refractivity contribution in [3.8, 4) is 16.9 Å². The van der Waals surface area contributed by atoms with Crippen LogP contribution in [0.3, 0.4) is 0 Å². The molecule has 0 saturated heterocycles. The molecule has 0 aliphatic carbocycles. The summed E-state index contributed by atoms with van der Waals surface area (Å²) >= 11 is 6.80. The van der Waals surface area contributed by atoms with Gasteiger partial charge in [-0.1, -0.05) is 38.7 Å². The van der Waals surface area contributed by atoms with E-state index in [0.717, 1.165) is 38.0 Å². The molecule has 1 heterocycles. The Labute approximate surface area is 225 Å². The maximum atomic E-state index is 13.5. The third-order valence-electron chi connectivity index (χ3n) is 7.03. The molecule has 0 unspecified atom stereocenters. The number of aromatic nitrogens is 1. The molecule has 35 heavy (non-hydrogen) atoms. The summed E-state index contributed by atoms with van der Waals surface area (Å²) in [6, 6.07) is 0. The van der Waals surface area contributed by atoms with E-state index in [1.54, 1.807) is 23.7 Å². The van der Waals surface area contributed by atoms with Crippen molar-refractivity contribution in [3.63, 3.8) is 0 Å². The third-order valence-corrected chi connectivity index (χ3v) is 7.59. The lowest BCUT2D eigenvalue weighted by Gasteiger charge is -2.35. The molecule has 0 fully saturated rings. The minimum Gasteiger partial charge on any atom is -0.567 e. The standard InChI is InChI=1S/C15H26B13ClN2O4/c16-4-1(3(14(21,22)23)6(18)7(19)8(4)29)2-5(17)10(34-27)9(30-11(2)20)12(32)31(26)15(24,25)13(33)35-28/h16-28H2. The second kappa shape index (κ2) is 10.3. The first-order valence-electron chi connectivity index (χ1n) is 11.7. The van der Waals surface area contributed by atoms with Crippen LogP contribution >= 0.6 is 11.6 Å². The molecule has 2 aromatic rings. The van der Waals surface area contributed by atoms with Crippen molar-refractivity contribution in [1.29, 1.82) is 0 Å². The van der Waals surface area contributed by atoms with Gasteiger partial charge >= 0.3 is 16.1 Å². The lowest BCUT2D eigenvalue weighted by atomic mass is 9.37. The van der Waals surface area contributed by atoms with E-state index in [1.165, 1.54) is 26.5 Å². The zero-order valence-electron chi connectivity index (χ0n) is 23.4. The topological polar surface area (TPSA) is 68.7 Å². The molecule has 0 radical (unpaired) electrons. The summed E-state index contributed by atoms with van der Waals surface area (Å²) in [5.41, 5.74) is 7.91. The van der Waals surface area contributed by atoms with E-state index in [1.807, 2.05) is 31.4 Å². The van der Waals surface area contributed by atoms with Gasteiger partial charge in [0.25, 0.3) is 11.9 Å². The van der Waals surface area contributed by atoms with E-state index in [-0.39, 0.29) is 10.8 Å². The quantitative estimate of drug-likeness (QED) is 0.389. The van der Waals surface area contributed by atoms with Crippen molar-refractivity contribution in [3.05, 3.63) is 16.3 Å². The van der Waals surface area contributed by atoms with Gasteiger partial charge in [0.05, 0.1) is 28.9 Å². The highest BCUT2D eigenvalue weighted by molar-refractivity contribution is 6.66. The fourth-order valence-electron chi connectivity index (χ4n) is 4.77. The largest absolute Gasteiger partial charge is 0.567 e. The number of hydrogen-bond acceptors (Lipinski definition) is 5. The van der Waals surface area contributed by atoms with Crippen LogP contribution in [0.15, 0.2) is 0 Å². The highest BCUT2D eigenvalue weighted by Crippen LogP contribution is 2.28. The number of carbonyl (C=O) groups is 2. The van der Waals surface area contributed by atoms with E-state index in [9.17, 15) is 9.59 Å². The van der Waals surface area contributed by atoms with Crippen LogP contribution in [0.5, 0.6) is 5.75 Å². The average molecular weight is 474 g/mol. The Morgan fingerprint density at radius 2 is 1.40 bits per heavy atom. The van der Waals surface area contributed by atoms with Gasteiger partial charge in [-0.2, -0.15) is 0 Å². The number of hydrogen-bond donors (Lipinski definition) is 0. The molecule has 166 valence electrons. The number of carbonyl (C=O) groups excluding carboxylic acids is 2. The second-order valence-electron chi connectivity index (χ2n) is 10.7. The monoisotopic (exact) mass is 476 g/mol. The van der Waals surface area contributed by atoms with Crippen LogP contribution in [0.2, 0.25) is 5.02 Å². The molecule has 1 aromatic carbocycles.